The molecule has 3 aliphatic rings. The van der Waals surface area contributed by atoms with E-state index in [9.17, 15) is 9.59 Å². The van der Waals surface area contributed by atoms with Gasteiger partial charge in [0.15, 0.2) is 23.0 Å². The van der Waals surface area contributed by atoms with Crippen molar-refractivity contribution in [2.75, 3.05) is 30.2 Å². The van der Waals surface area contributed by atoms with Crippen molar-refractivity contribution in [1.29, 1.82) is 0 Å². The summed E-state index contributed by atoms with van der Waals surface area (Å²) in [5.74, 6) is 1.39. The summed E-state index contributed by atoms with van der Waals surface area (Å²) >= 11 is 0. The Morgan fingerprint density at radius 1 is 0.697 bits per heavy atom. The minimum absolute atomic E-state index is 0.145. The average molecular weight is 442 g/mol. The molecule has 164 valence electrons. The Balaban J connectivity index is 1.41. The summed E-state index contributed by atoms with van der Waals surface area (Å²) < 4.78 is 22.0. The molecule has 3 aromatic carbocycles. The Morgan fingerprint density at radius 2 is 1.39 bits per heavy atom. The first kappa shape index (κ1) is 19.2. The van der Waals surface area contributed by atoms with Gasteiger partial charge >= 0.3 is 0 Å². The number of hydrogen-bond acceptors (Lipinski definition) is 7. The van der Waals surface area contributed by atoms with Crippen LogP contribution in [-0.2, 0) is 9.59 Å². The molecule has 3 heterocycles. The predicted molar refractivity (Wildman–Crippen MR) is 119 cm³/mol. The Labute approximate surface area is 188 Å². The fourth-order valence-electron chi connectivity index (χ4n) is 4.04. The van der Waals surface area contributed by atoms with Crippen LogP contribution in [0.1, 0.15) is 5.56 Å². The van der Waals surface area contributed by atoms with Gasteiger partial charge in [0.2, 0.25) is 6.79 Å². The van der Waals surface area contributed by atoms with E-state index < -0.39 is 11.8 Å². The second kappa shape index (κ2) is 7.59. The molecule has 0 saturated heterocycles. The van der Waals surface area contributed by atoms with Gasteiger partial charge in [-0.15, -0.1) is 0 Å². The third kappa shape index (κ3) is 3.23. The molecular formula is C25H18N2O6. The van der Waals surface area contributed by atoms with E-state index in [1.165, 1.54) is 0 Å². The van der Waals surface area contributed by atoms with Gasteiger partial charge in [0.25, 0.3) is 11.8 Å². The van der Waals surface area contributed by atoms with Crippen molar-refractivity contribution in [2.45, 2.75) is 0 Å². The third-order valence-electron chi connectivity index (χ3n) is 5.57. The summed E-state index contributed by atoms with van der Waals surface area (Å²) in [5.41, 5.74) is 2.12. The second-order valence-electron chi connectivity index (χ2n) is 7.58. The molecule has 8 nitrogen and oxygen atoms in total. The van der Waals surface area contributed by atoms with Gasteiger partial charge in [-0.1, -0.05) is 30.3 Å². The maximum atomic E-state index is 13.6. The lowest BCUT2D eigenvalue weighted by Crippen LogP contribution is -2.32. The van der Waals surface area contributed by atoms with Gasteiger partial charge in [-0.2, -0.15) is 0 Å². The van der Waals surface area contributed by atoms with Crippen molar-refractivity contribution in [3.05, 3.63) is 78.0 Å². The normalized spacial score (nSPS) is 16.4. The zero-order chi connectivity index (χ0) is 22.4. The van der Waals surface area contributed by atoms with Gasteiger partial charge in [-0.05, 0) is 29.8 Å². The molecule has 8 heteroatoms. The van der Waals surface area contributed by atoms with Crippen LogP contribution in [-0.4, -0.2) is 31.8 Å². The quantitative estimate of drug-likeness (QED) is 0.618. The summed E-state index contributed by atoms with van der Waals surface area (Å²) in [7, 11) is 0. The highest BCUT2D eigenvalue weighted by atomic mass is 16.7. The highest BCUT2D eigenvalue weighted by molar-refractivity contribution is 6.46. The monoisotopic (exact) mass is 442 g/mol. The molecular weight excluding hydrogens is 424 g/mol. The summed E-state index contributed by atoms with van der Waals surface area (Å²) in [6.45, 7) is 1.01. The van der Waals surface area contributed by atoms with Crippen molar-refractivity contribution in [3.63, 3.8) is 0 Å². The van der Waals surface area contributed by atoms with Crippen molar-refractivity contribution >= 4 is 28.8 Å². The van der Waals surface area contributed by atoms with Gasteiger partial charge < -0.3 is 24.3 Å². The average Bonchev–Trinajstić information content (AvgIpc) is 3.41. The van der Waals surface area contributed by atoms with Gasteiger partial charge in [0, 0.05) is 17.8 Å². The molecule has 0 aromatic heterocycles. The van der Waals surface area contributed by atoms with Crippen molar-refractivity contribution in [3.8, 4) is 23.0 Å². The van der Waals surface area contributed by atoms with E-state index in [2.05, 4.69) is 5.32 Å². The minimum Gasteiger partial charge on any atom is -0.486 e. The minimum atomic E-state index is -0.465. The van der Waals surface area contributed by atoms with E-state index in [4.69, 9.17) is 18.9 Å². The molecule has 0 saturated carbocycles. The van der Waals surface area contributed by atoms with Crippen LogP contribution in [0.4, 0.5) is 11.4 Å². The molecule has 0 aliphatic carbocycles. The Kier molecular flexibility index (Phi) is 4.43. The number of imide groups is 1. The first-order chi connectivity index (χ1) is 16.2. The van der Waals surface area contributed by atoms with Gasteiger partial charge in [-0.3, -0.25) is 9.59 Å². The van der Waals surface area contributed by atoms with Crippen molar-refractivity contribution in [1.82, 2.24) is 0 Å². The SMILES string of the molecule is O=C1C(Nc2ccc3c(c2)OCO3)=C(c2ccccc2)C(=O)N1c1ccc2c(c1)OCCO2. The predicted octanol–water partition coefficient (Wildman–Crippen LogP) is 3.58. The largest absolute Gasteiger partial charge is 0.486 e. The summed E-state index contributed by atoms with van der Waals surface area (Å²) in [4.78, 5) is 28.3. The molecule has 1 N–H and O–H groups in total. The molecule has 2 amide bonds. The van der Waals surface area contributed by atoms with E-state index in [0.29, 0.717) is 53.2 Å². The molecule has 0 fully saturated rings. The number of fused-ring (bicyclic) bond motifs is 2. The number of ether oxygens (including phenoxy) is 4. The summed E-state index contributed by atoms with van der Waals surface area (Å²) in [5, 5.41) is 3.14. The number of hydrogen-bond donors (Lipinski definition) is 1. The summed E-state index contributed by atoms with van der Waals surface area (Å²) in [6, 6.07) is 19.4. The van der Waals surface area contributed by atoms with Crippen molar-refractivity contribution < 1.29 is 28.5 Å². The molecule has 3 aromatic rings. The fourth-order valence-corrected chi connectivity index (χ4v) is 4.04. The Morgan fingerprint density at radius 3 is 2.24 bits per heavy atom. The maximum absolute atomic E-state index is 13.6. The molecule has 0 bridgehead atoms. The van der Waals surface area contributed by atoms with Crippen LogP contribution in [0.5, 0.6) is 23.0 Å². The highest BCUT2D eigenvalue weighted by Crippen LogP contribution is 2.40. The van der Waals surface area contributed by atoms with E-state index in [-0.39, 0.29) is 18.1 Å². The zero-order valence-corrected chi connectivity index (χ0v) is 17.4. The number of anilines is 2. The molecule has 0 unspecified atom stereocenters. The molecule has 0 spiro atoms. The lowest BCUT2D eigenvalue weighted by molar-refractivity contribution is -0.120. The second-order valence-corrected chi connectivity index (χ2v) is 7.58. The molecule has 0 radical (unpaired) electrons. The number of carbonyl (C=O) groups is 2. The lowest BCUT2D eigenvalue weighted by Gasteiger charge is -2.21. The van der Waals surface area contributed by atoms with Crippen LogP contribution < -0.4 is 29.2 Å². The number of nitrogens with one attached hydrogen (secondary N) is 1. The third-order valence-corrected chi connectivity index (χ3v) is 5.57. The smallest absolute Gasteiger partial charge is 0.282 e. The fraction of sp³-hybridized carbons (Fsp3) is 0.120. The number of rotatable bonds is 4. The Bertz CT molecular complexity index is 1320. The van der Waals surface area contributed by atoms with Crippen molar-refractivity contribution in [2.24, 2.45) is 0 Å². The maximum Gasteiger partial charge on any atom is 0.282 e. The van der Waals surface area contributed by atoms with Crippen LogP contribution in [0.2, 0.25) is 0 Å². The van der Waals surface area contributed by atoms with Crippen LogP contribution in [0.15, 0.2) is 72.4 Å². The first-order valence-corrected chi connectivity index (χ1v) is 10.4. The van der Waals surface area contributed by atoms with Crippen LogP contribution >= 0.6 is 0 Å². The Hall–Kier alpha value is -4.46. The molecule has 3 aliphatic heterocycles. The van der Waals surface area contributed by atoms with Gasteiger partial charge in [0.1, 0.15) is 18.9 Å². The van der Waals surface area contributed by atoms with Gasteiger partial charge in [0.05, 0.1) is 11.3 Å². The van der Waals surface area contributed by atoms with Crippen LogP contribution in [0.25, 0.3) is 5.57 Å². The van der Waals surface area contributed by atoms with Crippen LogP contribution in [0.3, 0.4) is 0 Å². The number of carbonyl (C=O) groups excluding carboxylic acids is 2. The van der Waals surface area contributed by atoms with Crippen LogP contribution in [0, 0.1) is 0 Å². The number of amides is 2. The molecule has 6 rings (SSSR count). The molecule has 0 atom stereocenters. The number of benzene rings is 3. The topological polar surface area (TPSA) is 86.3 Å². The lowest BCUT2D eigenvalue weighted by atomic mass is 10.0. The first-order valence-electron chi connectivity index (χ1n) is 10.4. The van der Waals surface area contributed by atoms with Gasteiger partial charge in [-0.25, -0.2) is 4.90 Å². The highest BCUT2D eigenvalue weighted by Gasteiger charge is 2.40. The van der Waals surface area contributed by atoms with E-state index in [1.807, 2.05) is 18.2 Å². The molecule has 33 heavy (non-hydrogen) atoms. The van der Waals surface area contributed by atoms with E-state index >= 15 is 0 Å². The van der Waals surface area contributed by atoms with E-state index in [0.717, 1.165) is 4.90 Å². The standard InChI is InChI=1S/C25H18N2O6/c28-24-22(15-4-2-1-3-5-15)23(26-16-6-8-19-20(12-16)33-14-32-19)25(29)27(24)17-7-9-18-21(13-17)31-11-10-30-18/h1-9,12-13,26H,10-11,14H2. The zero-order valence-electron chi connectivity index (χ0n) is 17.4. The van der Waals surface area contributed by atoms with E-state index in [1.54, 1.807) is 48.5 Å². The summed E-state index contributed by atoms with van der Waals surface area (Å²) in [6.07, 6.45) is 0. The number of nitrogens with zero attached hydrogens (tertiary/aromatic N) is 1.